The number of likely N-dealkylation sites (N-methyl/N-ethyl adjacent to an activating group) is 1. The molecule has 0 saturated heterocycles. The van der Waals surface area contributed by atoms with Crippen LogP contribution < -0.4 is 26.8 Å². The summed E-state index contributed by atoms with van der Waals surface area (Å²) in [5.74, 6) is -2.33. The van der Waals surface area contributed by atoms with Crippen LogP contribution in [-0.2, 0) is 25.7 Å². The first-order valence-electron chi connectivity index (χ1n) is 13.7. The van der Waals surface area contributed by atoms with E-state index in [0.29, 0.717) is 18.4 Å². The van der Waals surface area contributed by atoms with Crippen LogP contribution in [0.25, 0.3) is 0 Å². The summed E-state index contributed by atoms with van der Waals surface area (Å²) < 4.78 is 1.19. The van der Waals surface area contributed by atoms with Crippen LogP contribution in [0.1, 0.15) is 63.4 Å². The van der Waals surface area contributed by atoms with Crippen molar-refractivity contribution >= 4 is 35.1 Å². The summed E-state index contributed by atoms with van der Waals surface area (Å²) in [5.41, 5.74) is -0.419. The van der Waals surface area contributed by atoms with Gasteiger partial charge in [-0.3, -0.25) is 28.8 Å². The van der Waals surface area contributed by atoms with E-state index in [1.165, 1.54) is 42.5 Å². The van der Waals surface area contributed by atoms with Gasteiger partial charge < -0.3 is 30.8 Å². The summed E-state index contributed by atoms with van der Waals surface area (Å²) in [7, 11) is 1.31. The van der Waals surface area contributed by atoms with E-state index in [1.807, 2.05) is 0 Å². The molecule has 222 valence electrons. The quantitative estimate of drug-likeness (QED) is 0.236. The molecule has 1 saturated carbocycles. The monoisotopic (exact) mass is 569 g/mol. The average molecular weight is 570 g/mol. The van der Waals surface area contributed by atoms with Crippen LogP contribution in [0.5, 0.6) is 0 Å². The van der Waals surface area contributed by atoms with Crippen molar-refractivity contribution in [1.29, 1.82) is 0 Å². The third-order valence-electron chi connectivity index (χ3n) is 7.84. The molecule has 2 heterocycles. The van der Waals surface area contributed by atoms with E-state index >= 15 is 0 Å². The van der Waals surface area contributed by atoms with Gasteiger partial charge in [0.25, 0.3) is 17.4 Å². The van der Waals surface area contributed by atoms with Gasteiger partial charge in [0, 0.05) is 26.2 Å². The molecule has 0 aliphatic heterocycles. The molecule has 0 spiro atoms. The molecular formula is C28H39N7O6. The Morgan fingerprint density at radius 1 is 1.20 bits per heavy atom. The summed E-state index contributed by atoms with van der Waals surface area (Å²) in [5, 5.41) is 10.1. The van der Waals surface area contributed by atoms with Gasteiger partial charge in [-0.15, -0.1) is 0 Å². The number of H-pyrrole nitrogens is 1. The maximum absolute atomic E-state index is 13.1. The highest BCUT2D eigenvalue weighted by molar-refractivity contribution is 6.36. The minimum Gasteiger partial charge on any atom is -0.354 e. The Hall–Kier alpha value is -4.29. The second kappa shape index (κ2) is 13.9. The summed E-state index contributed by atoms with van der Waals surface area (Å²) >= 11 is 0. The number of carbonyl (C=O) groups is 5. The molecule has 1 aliphatic carbocycles. The Labute approximate surface area is 238 Å². The number of aromatic amines is 1. The lowest BCUT2D eigenvalue weighted by Gasteiger charge is -2.40. The maximum Gasteiger partial charge on any atom is 0.287 e. The molecule has 1 unspecified atom stereocenters. The van der Waals surface area contributed by atoms with Crippen molar-refractivity contribution in [2.75, 3.05) is 18.9 Å². The first-order valence-corrected chi connectivity index (χ1v) is 13.7. The van der Waals surface area contributed by atoms with Crippen molar-refractivity contribution < 1.29 is 24.0 Å². The number of Topliss-reactive ketones (excluding diaryl/α,β-unsaturated/α-hetero) is 1. The fourth-order valence-electron chi connectivity index (χ4n) is 4.96. The summed E-state index contributed by atoms with van der Waals surface area (Å²) in [6.07, 6.45) is 6.65. The number of imidazole rings is 1. The summed E-state index contributed by atoms with van der Waals surface area (Å²) in [4.78, 5) is 81.4. The van der Waals surface area contributed by atoms with Gasteiger partial charge in [0.15, 0.2) is 0 Å². The number of pyridine rings is 1. The normalized spacial score (nSPS) is 18.5. The number of anilines is 1. The number of nitrogens with zero attached hydrogens (tertiary/aromatic N) is 2. The molecule has 1 aliphatic rings. The molecule has 13 nitrogen and oxygen atoms in total. The number of amides is 4. The fourth-order valence-corrected chi connectivity index (χ4v) is 4.96. The molecule has 3 rings (SSSR count). The number of aromatic nitrogens is 3. The van der Waals surface area contributed by atoms with Crippen LogP contribution in [0, 0.1) is 17.3 Å². The van der Waals surface area contributed by atoms with Crippen LogP contribution in [0.3, 0.4) is 0 Å². The fraction of sp³-hybridized carbons (Fsp3) is 0.536. The molecule has 2 aromatic rings. The van der Waals surface area contributed by atoms with Gasteiger partial charge in [0.2, 0.25) is 17.6 Å². The Morgan fingerprint density at radius 2 is 1.95 bits per heavy atom. The van der Waals surface area contributed by atoms with Gasteiger partial charge in [-0.1, -0.05) is 20.8 Å². The van der Waals surface area contributed by atoms with Gasteiger partial charge in [-0.2, -0.15) is 0 Å². The van der Waals surface area contributed by atoms with Crippen LogP contribution >= 0.6 is 0 Å². The maximum atomic E-state index is 13.1. The SMILES string of the molecule is CNC(=O)C(=O)CCC(NC(=O)c1cnc[nH]1)C(=O)Nc1cccn(CC(=O)NC[C@@H]2CC[C@H](C)C(C)(C)C2)c1=O. The zero-order chi connectivity index (χ0) is 30.2. The highest BCUT2D eigenvalue weighted by Crippen LogP contribution is 2.42. The van der Waals surface area contributed by atoms with Crippen molar-refractivity contribution in [1.82, 2.24) is 30.5 Å². The molecule has 5 N–H and O–H groups in total. The second-order valence-electron chi connectivity index (χ2n) is 11.2. The van der Waals surface area contributed by atoms with Gasteiger partial charge in [0.1, 0.15) is 24.0 Å². The molecule has 0 radical (unpaired) electrons. The second-order valence-corrected chi connectivity index (χ2v) is 11.2. The summed E-state index contributed by atoms with van der Waals surface area (Å²) in [6.45, 7) is 7.06. The van der Waals surface area contributed by atoms with E-state index < -0.39 is 35.1 Å². The number of carbonyl (C=O) groups excluding carboxylic acids is 5. The predicted molar refractivity (Wildman–Crippen MR) is 151 cm³/mol. The molecule has 4 amide bonds. The lowest BCUT2D eigenvalue weighted by Crippen LogP contribution is -2.45. The largest absolute Gasteiger partial charge is 0.354 e. The molecule has 3 atom stereocenters. The highest BCUT2D eigenvalue weighted by Gasteiger charge is 2.34. The molecular weight excluding hydrogens is 530 g/mol. The van der Waals surface area contributed by atoms with Crippen molar-refractivity contribution in [2.24, 2.45) is 17.3 Å². The number of ketones is 1. The van der Waals surface area contributed by atoms with Crippen LogP contribution in [-0.4, -0.2) is 63.6 Å². The average Bonchev–Trinajstić information content (AvgIpc) is 3.48. The van der Waals surface area contributed by atoms with E-state index in [2.05, 4.69) is 52.0 Å². The number of rotatable bonds is 12. The topological polar surface area (TPSA) is 184 Å². The molecule has 1 fully saturated rings. The molecule has 41 heavy (non-hydrogen) atoms. The van der Waals surface area contributed by atoms with Crippen LogP contribution in [0.15, 0.2) is 35.6 Å². The van der Waals surface area contributed by atoms with Gasteiger partial charge in [0.05, 0.1) is 12.5 Å². The van der Waals surface area contributed by atoms with Crippen molar-refractivity contribution in [3.63, 3.8) is 0 Å². The molecule has 0 bridgehead atoms. The Bertz CT molecular complexity index is 1320. The van der Waals surface area contributed by atoms with E-state index in [9.17, 15) is 28.8 Å². The Kier molecular flexibility index (Phi) is 10.6. The van der Waals surface area contributed by atoms with Crippen molar-refractivity contribution in [2.45, 2.75) is 65.5 Å². The minimum atomic E-state index is -1.25. The number of hydrogen-bond donors (Lipinski definition) is 5. The van der Waals surface area contributed by atoms with Crippen LogP contribution in [0.2, 0.25) is 0 Å². The van der Waals surface area contributed by atoms with Crippen LogP contribution in [0.4, 0.5) is 5.69 Å². The third kappa shape index (κ3) is 8.60. The van der Waals surface area contributed by atoms with E-state index in [4.69, 9.17) is 0 Å². The van der Waals surface area contributed by atoms with Crippen molar-refractivity contribution in [3.8, 4) is 0 Å². The smallest absolute Gasteiger partial charge is 0.287 e. The first-order chi connectivity index (χ1) is 19.4. The zero-order valence-electron chi connectivity index (χ0n) is 23.9. The van der Waals surface area contributed by atoms with Gasteiger partial charge >= 0.3 is 0 Å². The Balaban J connectivity index is 1.64. The predicted octanol–water partition coefficient (Wildman–Crippen LogP) is 0.982. The zero-order valence-corrected chi connectivity index (χ0v) is 23.9. The number of nitrogens with one attached hydrogen (secondary N) is 5. The Morgan fingerprint density at radius 3 is 2.61 bits per heavy atom. The standard InChI is InChI=1S/C28H39N7O6/c1-17-7-8-18(12-28(17,2)3)13-31-23(37)15-35-11-5-6-20(27(35)41)34-24(38)19(9-10-22(36)26(40)29-4)33-25(39)21-14-30-16-32-21/h5-6,11,14,16-19H,7-10,12-13,15H2,1-4H3,(H,29,40)(H,30,32)(H,31,37)(H,33,39)(H,34,38)/t17-,18+,19?/m0/s1. The molecule has 2 aromatic heterocycles. The van der Waals surface area contributed by atoms with Gasteiger partial charge in [-0.25, -0.2) is 4.98 Å². The molecule has 0 aromatic carbocycles. The lowest BCUT2D eigenvalue weighted by molar-refractivity contribution is -0.137. The van der Waals surface area contributed by atoms with E-state index in [-0.39, 0.29) is 42.1 Å². The van der Waals surface area contributed by atoms with Gasteiger partial charge in [-0.05, 0) is 55.1 Å². The van der Waals surface area contributed by atoms with E-state index in [1.54, 1.807) is 0 Å². The van der Waals surface area contributed by atoms with E-state index in [0.717, 1.165) is 19.3 Å². The number of hydrogen-bond acceptors (Lipinski definition) is 7. The third-order valence-corrected chi connectivity index (χ3v) is 7.84. The lowest BCUT2D eigenvalue weighted by atomic mass is 9.66. The first kappa shape index (κ1) is 31.2. The molecule has 13 heteroatoms. The highest BCUT2D eigenvalue weighted by atomic mass is 16.2. The summed E-state index contributed by atoms with van der Waals surface area (Å²) in [6, 6.07) is 1.64. The minimum absolute atomic E-state index is 0.0832. The van der Waals surface area contributed by atoms with Crippen molar-refractivity contribution in [3.05, 3.63) is 46.9 Å².